The van der Waals surface area contributed by atoms with Gasteiger partial charge in [0.15, 0.2) is 23.6 Å². The molecule has 2 saturated heterocycles. The van der Waals surface area contributed by atoms with Gasteiger partial charge in [-0.25, -0.2) is 0 Å². The van der Waals surface area contributed by atoms with Gasteiger partial charge in [0.2, 0.25) is 0 Å². The molecule has 0 bridgehead atoms. The van der Waals surface area contributed by atoms with Gasteiger partial charge in [0, 0.05) is 23.1 Å². The van der Waals surface area contributed by atoms with Gasteiger partial charge in [-0.15, -0.1) is 0 Å². The predicted octanol–water partition coefficient (Wildman–Crippen LogP) is 4.27. The van der Waals surface area contributed by atoms with Gasteiger partial charge in [-0.2, -0.15) is 0 Å². The maximum Gasteiger partial charge on any atom is 0.198 e. The molecule has 2 aliphatic heterocycles. The summed E-state index contributed by atoms with van der Waals surface area (Å²) in [5.74, 6) is -2.64. The Morgan fingerprint density at radius 3 is 2.18 bits per heavy atom. The zero-order chi connectivity index (χ0) is 26.8. The van der Waals surface area contributed by atoms with Crippen molar-refractivity contribution in [2.75, 3.05) is 0 Å². The monoisotopic (exact) mass is 516 g/mol. The van der Waals surface area contributed by atoms with Crippen LogP contribution in [0.1, 0.15) is 63.7 Å². The zero-order valence-electron chi connectivity index (χ0n) is 21.3. The van der Waals surface area contributed by atoms with Gasteiger partial charge in [0.05, 0.1) is 23.8 Å². The third-order valence-corrected chi connectivity index (χ3v) is 7.59. The minimum Gasteiger partial charge on any atom is -0.507 e. The molecule has 8 heteroatoms. The highest BCUT2D eigenvalue weighted by molar-refractivity contribution is 6.30. The molecule has 0 radical (unpaired) electrons. The number of ether oxygens (including phenoxy) is 4. The normalized spacial score (nSPS) is 27.2. The summed E-state index contributed by atoms with van der Waals surface area (Å²) in [5, 5.41) is 22.1. The average molecular weight is 517 g/mol. The standard InChI is InChI=1S/C30H28O8/c1-29(2)37-27-28(38-29)36-21(30(27,3)35-15-16-9-5-4-6-10-16)14-17-13-20(31)22-23(24(17)32)26(34)19-12-8-7-11-18(19)25(22)33/h4-13,21,27-28,31-32H,14-15H2,1-3H3/t21-,27+,28+,30+/m1/s1. The summed E-state index contributed by atoms with van der Waals surface area (Å²) >= 11 is 0. The highest BCUT2D eigenvalue weighted by atomic mass is 16.8. The average Bonchev–Trinajstić information content (AvgIpc) is 3.33. The molecular formula is C30H28O8. The number of aromatic hydroxyl groups is 2. The molecule has 3 aromatic rings. The zero-order valence-corrected chi connectivity index (χ0v) is 21.3. The summed E-state index contributed by atoms with van der Waals surface area (Å²) in [6, 6.07) is 17.4. The van der Waals surface area contributed by atoms with E-state index in [0.717, 1.165) is 5.56 Å². The number of hydrogen-bond acceptors (Lipinski definition) is 8. The molecule has 2 N–H and O–H groups in total. The summed E-state index contributed by atoms with van der Waals surface area (Å²) in [4.78, 5) is 26.4. The molecule has 0 unspecified atom stereocenters. The second-order valence-corrected chi connectivity index (χ2v) is 10.6. The number of hydrogen-bond donors (Lipinski definition) is 2. The summed E-state index contributed by atoms with van der Waals surface area (Å²) in [6.45, 7) is 5.76. The third-order valence-electron chi connectivity index (χ3n) is 7.59. The summed E-state index contributed by atoms with van der Waals surface area (Å²) in [6.07, 6.45) is -1.86. The quantitative estimate of drug-likeness (QED) is 0.379. The van der Waals surface area contributed by atoms with Crippen LogP contribution in [0.25, 0.3) is 0 Å². The van der Waals surface area contributed by atoms with Gasteiger partial charge in [0.25, 0.3) is 0 Å². The van der Waals surface area contributed by atoms with Gasteiger partial charge in [-0.1, -0.05) is 54.6 Å². The summed E-state index contributed by atoms with van der Waals surface area (Å²) < 4.78 is 24.8. The summed E-state index contributed by atoms with van der Waals surface area (Å²) in [7, 11) is 0. The number of rotatable bonds is 5. The molecule has 6 rings (SSSR count). The minimum atomic E-state index is -1.00. The van der Waals surface area contributed by atoms with Crippen molar-refractivity contribution >= 4 is 11.6 Å². The number of ketones is 2. The van der Waals surface area contributed by atoms with E-state index in [-0.39, 0.29) is 52.3 Å². The van der Waals surface area contributed by atoms with Crippen LogP contribution in [0.4, 0.5) is 0 Å². The first-order chi connectivity index (χ1) is 18.1. The smallest absolute Gasteiger partial charge is 0.198 e. The molecule has 2 heterocycles. The molecule has 1 aliphatic carbocycles. The fourth-order valence-electron chi connectivity index (χ4n) is 5.60. The van der Waals surface area contributed by atoms with Crippen molar-refractivity contribution in [2.45, 2.75) is 63.7 Å². The topological polar surface area (TPSA) is 112 Å². The summed E-state index contributed by atoms with van der Waals surface area (Å²) in [5.41, 5.74) is 0.185. The Bertz CT molecular complexity index is 1450. The van der Waals surface area contributed by atoms with E-state index >= 15 is 0 Å². The first kappa shape index (κ1) is 24.8. The lowest BCUT2D eigenvalue weighted by Gasteiger charge is -2.35. The Labute approximate surface area is 219 Å². The molecule has 196 valence electrons. The SMILES string of the molecule is CC1(C)O[C@@H]2O[C@H](Cc3cc(O)c4c(c3O)C(=O)c3ccccc3C4=O)[C@](C)(OCc3ccccc3)[C@H]2O1. The fourth-order valence-corrected chi connectivity index (χ4v) is 5.60. The van der Waals surface area contributed by atoms with Crippen LogP contribution in [0.15, 0.2) is 60.7 Å². The molecular weight excluding hydrogens is 488 g/mol. The molecule has 0 amide bonds. The van der Waals surface area contributed by atoms with Crippen LogP contribution in [0.5, 0.6) is 11.5 Å². The second kappa shape index (κ2) is 8.74. The Morgan fingerprint density at radius 2 is 1.50 bits per heavy atom. The Morgan fingerprint density at radius 1 is 0.868 bits per heavy atom. The minimum absolute atomic E-state index is 0.0707. The lowest BCUT2D eigenvalue weighted by Crippen LogP contribution is -2.49. The molecule has 8 nitrogen and oxygen atoms in total. The first-order valence-corrected chi connectivity index (χ1v) is 12.5. The van der Waals surface area contributed by atoms with E-state index in [2.05, 4.69) is 0 Å². The maximum atomic E-state index is 13.3. The lowest BCUT2D eigenvalue weighted by molar-refractivity contribution is -0.235. The Hall–Kier alpha value is -3.56. The largest absolute Gasteiger partial charge is 0.507 e. The van der Waals surface area contributed by atoms with Crippen molar-refractivity contribution in [2.24, 2.45) is 0 Å². The van der Waals surface area contributed by atoms with Crippen molar-refractivity contribution in [3.8, 4) is 11.5 Å². The van der Waals surface area contributed by atoms with Crippen LogP contribution >= 0.6 is 0 Å². The van der Waals surface area contributed by atoms with Gasteiger partial charge in [-0.3, -0.25) is 9.59 Å². The van der Waals surface area contributed by atoms with Crippen LogP contribution in [0, 0.1) is 0 Å². The van der Waals surface area contributed by atoms with Crippen LogP contribution < -0.4 is 0 Å². The van der Waals surface area contributed by atoms with E-state index < -0.39 is 41.5 Å². The first-order valence-electron chi connectivity index (χ1n) is 12.5. The van der Waals surface area contributed by atoms with E-state index in [9.17, 15) is 19.8 Å². The predicted molar refractivity (Wildman–Crippen MR) is 135 cm³/mol. The number of benzene rings is 3. The molecule has 2 fully saturated rings. The number of phenolic OH excluding ortho intramolecular Hbond substituents is 2. The van der Waals surface area contributed by atoms with Gasteiger partial charge >= 0.3 is 0 Å². The van der Waals surface area contributed by atoms with E-state index in [1.807, 2.05) is 37.3 Å². The van der Waals surface area contributed by atoms with Crippen molar-refractivity contribution in [3.05, 3.63) is 94.0 Å². The van der Waals surface area contributed by atoms with E-state index in [1.165, 1.54) is 18.2 Å². The van der Waals surface area contributed by atoms with E-state index in [0.29, 0.717) is 0 Å². The van der Waals surface area contributed by atoms with Crippen molar-refractivity contribution in [1.82, 2.24) is 0 Å². The van der Waals surface area contributed by atoms with Crippen LogP contribution in [-0.4, -0.2) is 51.7 Å². The molecule has 4 atom stereocenters. The van der Waals surface area contributed by atoms with Crippen LogP contribution in [-0.2, 0) is 32.0 Å². The highest BCUT2D eigenvalue weighted by Gasteiger charge is 2.62. The van der Waals surface area contributed by atoms with Crippen LogP contribution in [0.2, 0.25) is 0 Å². The molecule has 0 aromatic heterocycles. The molecule has 3 aromatic carbocycles. The van der Waals surface area contributed by atoms with E-state index in [4.69, 9.17) is 18.9 Å². The van der Waals surface area contributed by atoms with Crippen molar-refractivity contribution in [3.63, 3.8) is 0 Å². The molecule has 3 aliphatic rings. The molecule has 38 heavy (non-hydrogen) atoms. The lowest BCUT2D eigenvalue weighted by atomic mass is 9.81. The second-order valence-electron chi connectivity index (χ2n) is 10.6. The molecule has 0 spiro atoms. The highest BCUT2D eigenvalue weighted by Crippen LogP contribution is 2.48. The number of carbonyl (C=O) groups excluding carboxylic acids is 2. The fraction of sp³-hybridized carbons (Fsp3) is 0.333. The number of phenols is 2. The van der Waals surface area contributed by atoms with Gasteiger partial charge in [-0.05, 0) is 32.4 Å². The maximum absolute atomic E-state index is 13.3. The number of carbonyl (C=O) groups is 2. The third kappa shape index (κ3) is 3.84. The van der Waals surface area contributed by atoms with Gasteiger partial charge < -0.3 is 29.2 Å². The van der Waals surface area contributed by atoms with Crippen molar-refractivity contribution in [1.29, 1.82) is 0 Å². The van der Waals surface area contributed by atoms with E-state index in [1.54, 1.807) is 26.0 Å². The Kier molecular flexibility index (Phi) is 5.70. The van der Waals surface area contributed by atoms with Crippen molar-refractivity contribution < 1.29 is 38.7 Å². The Balaban J connectivity index is 1.36. The molecule has 0 saturated carbocycles. The van der Waals surface area contributed by atoms with Gasteiger partial charge in [0.1, 0.15) is 23.2 Å². The van der Waals surface area contributed by atoms with Crippen LogP contribution in [0.3, 0.4) is 0 Å². The number of fused-ring (bicyclic) bond motifs is 3.